The molecule has 128 valence electrons. The second kappa shape index (κ2) is 7.49. The molecule has 0 aromatic heterocycles. The van der Waals surface area contributed by atoms with Crippen molar-refractivity contribution >= 4 is 35.1 Å². The van der Waals surface area contributed by atoms with Crippen molar-refractivity contribution in [3.63, 3.8) is 0 Å². The molecule has 0 unspecified atom stereocenters. The molecule has 24 heavy (non-hydrogen) atoms. The van der Waals surface area contributed by atoms with Gasteiger partial charge in [-0.2, -0.15) is 0 Å². The lowest BCUT2D eigenvalue weighted by atomic mass is 10.1. The molecule has 1 N–H and O–H groups in total. The lowest BCUT2D eigenvalue weighted by Crippen LogP contribution is -2.30. The van der Waals surface area contributed by atoms with Gasteiger partial charge in [0.15, 0.2) is 0 Å². The Bertz CT molecular complexity index is 711. The van der Waals surface area contributed by atoms with E-state index >= 15 is 0 Å². The fourth-order valence-corrected chi connectivity index (χ4v) is 2.54. The number of nitrogens with one attached hydrogen (secondary N) is 1. The van der Waals surface area contributed by atoms with Crippen molar-refractivity contribution in [1.82, 2.24) is 4.90 Å². The van der Waals surface area contributed by atoms with E-state index in [2.05, 4.69) is 10.1 Å². The maximum Gasteiger partial charge on any atom is 0.330 e. The van der Waals surface area contributed by atoms with E-state index in [4.69, 9.17) is 11.6 Å². The molecule has 0 aliphatic heterocycles. The Morgan fingerprint density at radius 2 is 1.96 bits per heavy atom. The number of hydrogen-bond donors (Lipinski definition) is 1. The van der Waals surface area contributed by atoms with Crippen LogP contribution in [0.4, 0.5) is 5.69 Å². The Kier molecular flexibility index (Phi) is 5.62. The van der Waals surface area contributed by atoms with Gasteiger partial charge in [0.25, 0.3) is 5.91 Å². The Labute approximate surface area is 145 Å². The molecule has 2 rings (SSSR count). The molecule has 1 saturated carbocycles. The second-order valence-corrected chi connectivity index (χ2v) is 6.07. The number of carbonyl (C=O) groups excluding carboxylic acids is 3. The van der Waals surface area contributed by atoms with E-state index < -0.39 is 11.9 Å². The number of benzene rings is 1. The molecule has 1 fully saturated rings. The number of hydrogen-bond acceptors (Lipinski definition) is 4. The molecule has 7 heteroatoms. The average molecular weight is 351 g/mol. The van der Waals surface area contributed by atoms with Gasteiger partial charge in [-0.1, -0.05) is 11.6 Å². The summed E-state index contributed by atoms with van der Waals surface area (Å²) in [7, 11) is 2.96. The van der Waals surface area contributed by atoms with Crippen LogP contribution >= 0.6 is 11.6 Å². The molecule has 1 aromatic rings. The first-order valence-electron chi connectivity index (χ1n) is 7.47. The Morgan fingerprint density at radius 1 is 1.29 bits per heavy atom. The third-order valence-electron chi connectivity index (χ3n) is 3.77. The maximum atomic E-state index is 12.7. The minimum atomic E-state index is -0.636. The number of rotatable bonds is 5. The van der Waals surface area contributed by atoms with Gasteiger partial charge in [-0.25, -0.2) is 4.79 Å². The molecule has 1 aromatic carbocycles. The molecule has 0 bridgehead atoms. The Balaban J connectivity index is 2.27. The van der Waals surface area contributed by atoms with Crippen molar-refractivity contribution < 1.29 is 19.1 Å². The molecule has 0 heterocycles. The van der Waals surface area contributed by atoms with E-state index in [0.29, 0.717) is 21.8 Å². The van der Waals surface area contributed by atoms with Crippen LogP contribution in [0.1, 0.15) is 28.8 Å². The van der Waals surface area contributed by atoms with E-state index in [1.165, 1.54) is 13.2 Å². The van der Waals surface area contributed by atoms with Gasteiger partial charge >= 0.3 is 5.97 Å². The van der Waals surface area contributed by atoms with E-state index in [-0.39, 0.29) is 11.9 Å². The van der Waals surface area contributed by atoms with Crippen LogP contribution in [0.5, 0.6) is 0 Å². The van der Waals surface area contributed by atoms with Crippen LogP contribution in [-0.2, 0) is 14.3 Å². The van der Waals surface area contributed by atoms with Crippen molar-refractivity contribution in [3.05, 3.63) is 40.4 Å². The van der Waals surface area contributed by atoms with Gasteiger partial charge in [-0.15, -0.1) is 0 Å². The lowest BCUT2D eigenvalue weighted by molar-refractivity contribution is -0.135. The van der Waals surface area contributed by atoms with Crippen molar-refractivity contribution in [2.45, 2.75) is 25.8 Å². The molecule has 2 amide bonds. The molecular formula is C17H19ClN2O4. The average Bonchev–Trinajstić information content (AvgIpc) is 3.38. The Hall–Kier alpha value is -2.34. The summed E-state index contributed by atoms with van der Waals surface area (Å²) in [4.78, 5) is 37.4. The summed E-state index contributed by atoms with van der Waals surface area (Å²) in [6.45, 7) is 1.75. The van der Waals surface area contributed by atoms with Crippen LogP contribution < -0.4 is 5.32 Å². The van der Waals surface area contributed by atoms with Crippen molar-refractivity contribution in [1.29, 1.82) is 0 Å². The summed E-state index contributed by atoms with van der Waals surface area (Å²) in [6, 6.07) is 3.43. The number of esters is 1. The molecule has 0 radical (unpaired) electrons. The minimum Gasteiger partial charge on any atom is -0.466 e. The van der Waals surface area contributed by atoms with Crippen LogP contribution in [0.15, 0.2) is 24.3 Å². The van der Waals surface area contributed by atoms with Gasteiger partial charge in [0, 0.05) is 30.3 Å². The first-order valence-corrected chi connectivity index (χ1v) is 7.85. The molecule has 0 spiro atoms. The van der Waals surface area contributed by atoms with E-state index in [9.17, 15) is 14.4 Å². The van der Waals surface area contributed by atoms with E-state index in [0.717, 1.165) is 25.0 Å². The monoisotopic (exact) mass is 350 g/mol. The van der Waals surface area contributed by atoms with E-state index in [1.54, 1.807) is 24.9 Å². The highest BCUT2D eigenvalue weighted by Crippen LogP contribution is 2.31. The lowest BCUT2D eigenvalue weighted by Gasteiger charge is -2.20. The molecule has 6 nitrogen and oxygen atoms in total. The number of halogens is 1. The zero-order valence-electron chi connectivity index (χ0n) is 13.8. The second-order valence-electron chi connectivity index (χ2n) is 5.64. The largest absolute Gasteiger partial charge is 0.466 e. The molecule has 0 atom stereocenters. The van der Waals surface area contributed by atoms with Gasteiger partial charge in [0.2, 0.25) is 5.91 Å². The predicted octanol–water partition coefficient (Wildman–Crippen LogP) is 2.55. The first-order chi connectivity index (χ1) is 11.3. The number of aryl methyl sites for hydroxylation is 1. The zero-order chi connectivity index (χ0) is 17.9. The summed E-state index contributed by atoms with van der Waals surface area (Å²) in [5, 5.41) is 3.06. The number of anilines is 1. The van der Waals surface area contributed by atoms with Crippen LogP contribution in [0.3, 0.4) is 0 Å². The van der Waals surface area contributed by atoms with Crippen molar-refractivity contribution in [3.8, 4) is 0 Å². The first kappa shape index (κ1) is 18.0. The summed E-state index contributed by atoms with van der Waals surface area (Å²) in [6.07, 6.45) is 4.02. The summed E-state index contributed by atoms with van der Waals surface area (Å²) < 4.78 is 4.43. The summed E-state index contributed by atoms with van der Waals surface area (Å²) in [5.41, 5.74) is 1.38. The van der Waals surface area contributed by atoms with Crippen LogP contribution in [0, 0.1) is 6.92 Å². The van der Waals surface area contributed by atoms with Gasteiger partial charge in [-0.05, 0) is 37.5 Å². The maximum absolute atomic E-state index is 12.7. The minimum absolute atomic E-state index is 0.199. The number of amides is 2. The molecular weight excluding hydrogens is 332 g/mol. The fourth-order valence-electron chi connectivity index (χ4n) is 2.27. The number of methoxy groups -OCH3 is 1. The summed E-state index contributed by atoms with van der Waals surface area (Å²) in [5.74, 6) is -1.37. The van der Waals surface area contributed by atoms with Crippen LogP contribution in [0.25, 0.3) is 0 Å². The third-order valence-corrected chi connectivity index (χ3v) is 3.98. The van der Waals surface area contributed by atoms with Crippen LogP contribution in [-0.4, -0.2) is 42.9 Å². The summed E-state index contributed by atoms with van der Waals surface area (Å²) >= 11 is 6.07. The SMILES string of the molecule is COC(=O)C=CC(=O)Nc1c(C)cc(Cl)cc1C(=O)N(C)C1CC1. The third kappa shape index (κ3) is 4.35. The highest BCUT2D eigenvalue weighted by Gasteiger charge is 2.31. The number of nitrogens with zero attached hydrogens (tertiary/aromatic N) is 1. The topological polar surface area (TPSA) is 75.7 Å². The molecule has 1 aliphatic carbocycles. The Morgan fingerprint density at radius 3 is 2.54 bits per heavy atom. The molecule has 1 aliphatic rings. The molecule has 0 saturated heterocycles. The van der Waals surface area contributed by atoms with Gasteiger partial charge in [0.05, 0.1) is 18.4 Å². The quantitative estimate of drug-likeness (QED) is 0.654. The normalized spacial score (nSPS) is 13.7. The van der Waals surface area contributed by atoms with Crippen molar-refractivity contribution in [2.75, 3.05) is 19.5 Å². The number of carbonyl (C=O) groups is 3. The van der Waals surface area contributed by atoms with Crippen molar-refractivity contribution in [2.24, 2.45) is 0 Å². The van der Waals surface area contributed by atoms with Gasteiger partial charge in [0.1, 0.15) is 0 Å². The zero-order valence-corrected chi connectivity index (χ0v) is 14.5. The fraction of sp³-hybridized carbons (Fsp3) is 0.353. The smallest absolute Gasteiger partial charge is 0.330 e. The highest BCUT2D eigenvalue weighted by atomic mass is 35.5. The standard InChI is InChI=1S/C17H19ClN2O4/c1-10-8-11(18)9-13(17(23)20(2)12-4-5-12)16(10)19-14(21)6-7-15(22)24-3/h6-9,12H,4-5H2,1-3H3,(H,19,21). The number of ether oxygens (including phenoxy) is 1. The van der Waals surface area contributed by atoms with Crippen LogP contribution in [0.2, 0.25) is 5.02 Å². The van der Waals surface area contributed by atoms with E-state index in [1.807, 2.05) is 0 Å². The highest BCUT2D eigenvalue weighted by molar-refractivity contribution is 6.31. The predicted molar refractivity (Wildman–Crippen MR) is 91.1 cm³/mol. The van der Waals surface area contributed by atoms with Gasteiger partial charge in [-0.3, -0.25) is 9.59 Å². The van der Waals surface area contributed by atoms with Gasteiger partial charge < -0.3 is 15.0 Å².